The second-order valence-electron chi connectivity index (χ2n) is 10.5. The summed E-state index contributed by atoms with van der Waals surface area (Å²) in [5.41, 5.74) is 3.69. The molecule has 0 unspecified atom stereocenters. The van der Waals surface area contributed by atoms with E-state index in [1.54, 1.807) is 44.6 Å². The molecule has 204 valence electrons. The van der Waals surface area contributed by atoms with E-state index < -0.39 is 0 Å². The summed E-state index contributed by atoms with van der Waals surface area (Å²) in [6, 6.07) is 19.8. The minimum Gasteiger partial charge on any atom is -0.497 e. The lowest BCUT2D eigenvalue weighted by Gasteiger charge is -2.23. The number of halogens is 1. The van der Waals surface area contributed by atoms with Gasteiger partial charge in [0.1, 0.15) is 17.3 Å². The number of benzene rings is 3. The predicted octanol–water partition coefficient (Wildman–Crippen LogP) is 4.99. The third kappa shape index (κ3) is 6.24. The first kappa shape index (κ1) is 26.7. The predicted molar refractivity (Wildman–Crippen MR) is 148 cm³/mol. The zero-order valence-electron chi connectivity index (χ0n) is 22.6. The summed E-state index contributed by atoms with van der Waals surface area (Å²) in [4.78, 5) is 30.6. The van der Waals surface area contributed by atoms with Crippen LogP contribution in [0.2, 0.25) is 0 Å². The van der Waals surface area contributed by atoms with E-state index in [9.17, 15) is 14.0 Å². The van der Waals surface area contributed by atoms with Crippen molar-refractivity contribution in [1.82, 2.24) is 9.80 Å². The third-order valence-corrected chi connectivity index (χ3v) is 8.12. The van der Waals surface area contributed by atoms with Crippen molar-refractivity contribution in [3.8, 4) is 11.5 Å². The fourth-order valence-corrected chi connectivity index (χ4v) is 5.87. The van der Waals surface area contributed by atoms with Gasteiger partial charge in [-0.2, -0.15) is 0 Å². The Morgan fingerprint density at radius 3 is 2.00 bits per heavy atom. The van der Waals surface area contributed by atoms with Gasteiger partial charge in [0.15, 0.2) is 0 Å². The van der Waals surface area contributed by atoms with Gasteiger partial charge in [-0.3, -0.25) is 9.59 Å². The molecule has 0 bridgehead atoms. The minimum absolute atomic E-state index is 0.0159. The molecule has 3 aromatic rings. The fourth-order valence-electron chi connectivity index (χ4n) is 5.87. The SMILES string of the molecule is COc1cc(OC)cc(C(=O)N2CC[C@@H]3CN(C(=O)Cc4ccccc4Cc4ccc(F)cc4)C[C@@H]3CC2)c1. The zero-order chi connectivity index (χ0) is 27.4. The van der Waals surface area contributed by atoms with E-state index in [1.807, 2.05) is 34.1 Å². The molecular weight excluding hydrogens is 495 g/mol. The van der Waals surface area contributed by atoms with Crippen LogP contribution in [0.3, 0.4) is 0 Å². The molecule has 3 aromatic carbocycles. The van der Waals surface area contributed by atoms with Crippen molar-refractivity contribution in [2.75, 3.05) is 40.4 Å². The third-order valence-electron chi connectivity index (χ3n) is 8.12. The van der Waals surface area contributed by atoms with Crippen molar-refractivity contribution in [2.24, 2.45) is 11.8 Å². The maximum atomic E-state index is 13.4. The highest BCUT2D eigenvalue weighted by atomic mass is 19.1. The average molecular weight is 531 g/mol. The number of likely N-dealkylation sites (tertiary alicyclic amines) is 2. The summed E-state index contributed by atoms with van der Waals surface area (Å²) in [6.45, 7) is 2.81. The summed E-state index contributed by atoms with van der Waals surface area (Å²) in [5.74, 6) is 1.85. The van der Waals surface area contributed by atoms with Crippen LogP contribution in [0.4, 0.5) is 4.39 Å². The van der Waals surface area contributed by atoms with E-state index in [4.69, 9.17) is 9.47 Å². The highest BCUT2D eigenvalue weighted by Gasteiger charge is 2.37. The van der Waals surface area contributed by atoms with E-state index in [0.29, 0.717) is 54.8 Å². The maximum absolute atomic E-state index is 13.4. The number of amides is 2. The number of methoxy groups -OCH3 is 2. The Morgan fingerprint density at radius 2 is 1.41 bits per heavy atom. The van der Waals surface area contributed by atoms with Crippen LogP contribution in [0.15, 0.2) is 66.7 Å². The van der Waals surface area contributed by atoms with Crippen LogP contribution < -0.4 is 9.47 Å². The molecule has 2 saturated heterocycles. The number of hydrogen-bond acceptors (Lipinski definition) is 4. The second kappa shape index (κ2) is 11.9. The molecule has 7 heteroatoms. The van der Waals surface area contributed by atoms with Crippen molar-refractivity contribution in [2.45, 2.75) is 25.7 Å². The van der Waals surface area contributed by atoms with E-state index in [2.05, 4.69) is 0 Å². The molecule has 0 spiro atoms. The Labute approximate surface area is 229 Å². The Kier molecular flexibility index (Phi) is 8.15. The van der Waals surface area contributed by atoms with Crippen LogP contribution in [-0.4, -0.2) is 62.0 Å². The highest BCUT2D eigenvalue weighted by molar-refractivity contribution is 5.95. The van der Waals surface area contributed by atoms with Gasteiger partial charge < -0.3 is 19.3 Å². The number of carbonyl (C=O) groups excluding carboxylic acids is 2. The van der Waals surface area contributed by atoms with Gasteiger partial charge in [-0.1, -0.05) is 36.4 Å². The number of carbonyl (C=O) groups is 2. The summed E-state index contributed by atoms with van der Waals surface area (Å²) in [7, 11) is 3.15. The van der Waals surface area contributed by atoms with Gasteiger partial charge >= 0.3 is 0 Å². The fraction of sp³-hybridized carbons (Fsp3) is 0.375. The first-order valence-electron chi connectivity index (χ1n) is 13.5. The van der Waals surface area contributed by atoms with Crippen molar-refractivity contribution in [3.63, 3.8) is 0 Å². The molecule has 2 aliphatic heterocycles. The van der Waals surface area contributed by atoms with Gasteiger partial charge in [-0.05, 0) is 72.1 Å². The molecule has 0 aliphatic carbocycles. The lowest BCUT2D eigenvalue weighted by Crippen LogP contribution is -2.34. The van der Waals surface area contributed by atoms with Crippen molar-refractivity contribution >= 4 is 11.8 Å². The van der Waals surface area contributed by atoms with Crippen LogP contribution >= 0.6 is 0 Å². The van der Waals surface area contributed by atoms with E-state index >= 15 is 0 Å². The largest absolute Gasteiger partial charge is 0.497 e. The van der Waals surface area contributed by atoms with Gasteiger partial charge in [0, 0.05) is 37.8 Å². The minimum atomic E-state index is -0.249. The molecule has 2 fully saturated rings. The van der Waals surface area contributed by atoms with Crippen LogP contribution in [0.25, 0.3) is 0 Å². The molecule has 5 rings (SSSR count). The normalized spacial score (nSPS) is 18.8. The standard InChI is InChI=1S/C32H35FN2O4/c1-38-29-16-27(17-30(19-29)39-2)32(37)34-13-11-25-20-35(21-26(25)12-14-34)31(36)18-24-6-4-3-5-23(24)15-22-7-9-28(33)10-8-22/h3-10,16-17,19,25-26H,11-15,18,20-21H2,1-2H3/t25-,26+. The molecule has 0 saturated carbocycles. The highest BCUT2D eigenvalue weighted by Crippen LogP contribution is 2.33. The van der Waals surface area contributed by atoms with Gasteiger partial charge in [-0.25, -0.2) is 4.39 Å². The Hall–Kier alpha value is -3.87. The Balaban J connectivity index is 1.19. The van der Waals surface area contributed by atoms with Gasteiger partial charge in [0.25, 0.3) is 5.91 Å². The topological polar surface area (TPSA) is 59.1 Å². The number of rotatable bonds is 7. The molecule has 0 N–H and O–H groups in total. The molecular formula is C32H35FN2O4. The monoisotopic (exact) mass is 530 g/mol. The lowest BCUT2D eigenvalue weighted by molar-refractivity contribution is -0.129. The smallest absolute Gasteiger partial charge is 0.254 e. The summed E-state index contributed by atoms with van der Waals surface area (Å²) < 4.78 is 24.0. The summed E-state index contributed by atoms with van der Waals surface area (Å²) in [5, 5.41) is 0. The lowest BCUT2D eigenvalue weighted by atomic mass is 9.92. The van der Waals surface area contributed by atoms with Crippen LogP contribution in [0.5, 0.6) is 11.5 Å². The van der Waals surface area contributed by atoms with Gasteiger partial charge in [0.2, 0.25) is 5.91 Å². The van der Waals surface area contributed by atoms with E-state index in [0.717, 1.165) is 42.6 Å². The zero-order valence-corrected chi connectivity index (χ0v) is 22.6. The molecule has 0 radical (unpaired) electrons. The molecule has 39 heavy (non-hydrogen) atoms. The quantitative estimate of drug-likeness (QED) is 0.432. The molecule has 6 nitrogen and oxygen atoms in total. The van der Waals surface area contributed by atoms with Crippen LogP contribution in [-0.2, 0) is 17.6 Å². The van der Waals surface area contributed by atoms with E-state index in [-0.39, 0.29) is 17.6 Å². The molecule has 2 heterocycles. The van der Waals surface area contributed by atoms with Crippen molar-refractivity contribution in [1.29, 1.82) is 0 Å². The first-order valence-corrected chi connectivity index (χ1v) is 13.5. The van der Waals surface area contributed by atoms with Gasteiger partial charge in [0.05, 0.1) is 20.6 Å². The number of nitrogens with zero attached hydrogens (tertiary/aromatic N) is 2. The Morgan fingerprint density at radius 1 is 0.821 bits per heavy atom. The van der Waals surface area contributed by atoms with Crippen molar-refractivity contribution < 1.29 is 23.5 Å². The number of hydrogen-bond donors (Lipinski definition) is 0. The molecule has 2 amide bonds. The molecule has 2 atom stereocenters. The molecule has 0 aromatic heterocycles. The maximum Gasteiger partial charge on any atom is 0.254 e. The van der Waals surface area contributed by atoms with E-state index in [1.165, 1.54) is 12.1 Å². The average Bonchev–Trinajstić information content (AvgIpc) is 3.27. The first-order chi connectivity index (χ1) is 18.9. The van der Waals surface area contributed by atoms with Crippen LogP contribution in [0, 0.1) is 17.7 Å². The second-order valence-corrected chi connectivity index (χ2v) is 10.5. The number of fused-ring (bicyclic) bond motifs is 1. The van der Waals surface area contributed by atoms with Crippen molar-refractivity contribution in [3.05, 3.63) is 94.8 Å². The number of ether oxygens (including phenoxy) is 2. The van der Waals surface area contributed by atoms with Gasteiger partial charge in [-0.15, -0.1) is 0 Å². The molecule has 2 aliphatic rings. The van der Waals surface area contributed by atoms with Crippen LogP contribution in [0.1, 0.15) is 39.9 Å². The summed E-state index contributed by atoms with van der Waals surface area (Å²) >= 11 is 0. The summed E-state index contributed by atoms with van der Waals surface area (Å²) in [6.07, 6.45) is 2.78. The Bertz CT molecular complexity index is 1290.